The Labute approximate surface area is 180 Å². The fraction of sp³-hybridized carbons (Fsp3) is 0.227. The van der Waals surface area contributed by atoms with Crippen LogP contribution in [0.25, 0.3) is 0 Å². The van der Waals surface area contributed by atoms with Gasteiger partial charge in [0.1, 0.15) is 5.75 Å². The van der Waals surface area contributed by atoms with Crippen LogP contribution in [0.3, 0.4) is 0 Å². The number of carbonyl (C=O) groups excluding carboxylic acids is 1. The van der Waals surface area contributed by atoms with Crippen LogP contribution in [0.2, 0.25) is 0 Å². The Balaban J connectivity index is 1.37. The molecule has 1 unspecified atom stereocenters. The molecule has 0 saturated carbocycles. The van der Waals surface area contributed by atoms with Crippen LogP contribution in [0.5, 0.6) is 5.75 Å². The Hall–Kier alpha value is -2.68. The van der Waals surface area contributed by atoms with E-state index in [0.29, 0.717) is 18.7 Å². The average Bonchev–Trinajstić information content (AvgIpc) is 3.30. The Morgan fingerprint density at radius 2 is 1.97 bits per heavy atom. The predicted molar refractivity (Wildman–Crippen MR) is 116 cm³/mol. The van der Waals surface area contributed by atoms with Gasteiger partial charge in [-0.25, -0.2) is 13.1 Å². The van der Waals surface area contributed by atoms with Crippen molar-refractivity contribution >= 4 is 27.3 Å². The van der Waals surface area contributed by atoms with Crippen LogP contribution in [0.4, 0.5) is 0 Å². The SMILES string of the molecule is O=C(NCC1COc2ccccc2C1)c1cccc(S(=O)(=O)NCc2cccs2)c1. The number of thiophene rings is 1. The average molecular weight is 443 g/mol. The van der Waals surface area contributed by atoms with Crippen LogP contribution in [-0.2, 0) is 23.0 Å². The summed E-state index contributed by atoms with van der Waals surface area (Å²) in [5.74, 6) is 0.764. The largest absolute Gasteiger partial charge is 0.493 e. The van der Waals surface area contributed by atoms with Crippen molar-refractivity contribution in [2.75, 3.05) is 13.2 Å². The zero-order valence-corrected chi connectivity index (χ0v) is 17.8. The van der Waals surface area contributed by atoms with Gasteiger partial charge in [0, 0.05) is 29.4 Å². The molecule has 156 valence electrons. The molecule has 8 heteroatoms. The number of hydrogen-bond acceptors (Lipinski definition) is 5. The molecule has 6 nitrogen and oxygen atoms in total. The van der Waals surface area contributed by atoms with Crippen molar-refractivity contribution < 1.29 is 17.9 Å². The second kappa shape index (κ2) is 8.99. The number of benzene rings is 2. The van der Waals surface area contributed by atoms with Crippen LogP contribution >= 0.6 is 11.3 Å². The lowest BCUT2D eigenvalue weighted by molar-refractivity contribution is 0.0939. The quantitative estimate of drug-likeness (QED) is 0.589. The van der Waals surface area contributed by atoms with Crippen molar-refractivity contribution in [3.8, 4) is 5.75 Å². The minimum atomic E-state index is -3.70. The minimum Gasteiger partial charge on any atom is -0.493 e. The Kier molecular flexibility index (Phi) is 6.17. The second-order valence-corrected chi connectivity index (χ2v) is 9.93. The maximum atomic E-state index is 12.6. The third-order valence-corrected chi connectivity index (χ3v) is 7.21. The van der Waals surface area contributed by atoms with E-state index < -0.39 is 10.0 Å². The van der Waals surface area contributed by atoms with E-state index in [0.717, 1.165) is 22.6 Å². The van der Waals surface area contributed by atoms with Gasteiger partial charge in [0.05, 0.1) is 11.5 Å². The Morgan fingerprint density at radius 3 is 2.80 bits per heavy atom. The number of ether oxygens (including phenoxy) is 1. The maximum Gasteiger partial charge on any atom is 0.251 e. The minimum absolute atomic E-state index is 0.0710. The van der Waals surface area contributed by atoms with Gasteiger partial charge in [0.2, 0.25) is 10.0 Å². The van der Waals surface area contributed by atoms with E-state index in [2.05, 4.69) is 10.0 Å². The number of sulfonamides is 1. The number of hydrogen-bond donors (Lipinski definition) is 2. The van der Waals surface area contributed by atoms with E-state index in [9.17, 15) is 13.2 Å². The molecule has 1 aliphatic heterocycles. The summed E-state index contributed by atoms with van der Waals surface area (Å²) in [5, 5.41) is 4.79. The number of nitrogens with one attached hydrogen (secondary N) is 2. The van der Waals surface area contributed by atoms with Crippen LogP contribution in [0, 0.1) is 5.92 Å². The molecule has 0 bridgehead atoms. The Morgan fingerprint density at radius 1 is 1.10 bits per heavy atom. The maximum absolute atomic E-state index is 12.6. The highest BCUT2D eigenvalue weighted by Crippen LogP contribution is 2.26. The van der Waals surface area contributed by atoms with Crippen molar-refractivity contribution in [2.24, 2.45) is 5.92 Å². The highest BCUT2D eigenvalue weighted by Gasteiger charge is 2.21. The van der Waals surface area contributed by atoms with Gasteiger partial charge in [-0.05, 0) is 47.7 Å². The first-order chi connectivity index (χ1) is 14.5. The van der Waals surface area contributed by atoms with E-state index in [1.165, 1.54) is 23.5 Å². The van der Waals surface area contributed by atoms with Crippen molar-refractivity contribution in [1.29, 1.82) is 0 Å². The molecule has 2 heterocycles. The summed E-state index contributed by atoms with van der Waals surface area (Å²) in [6.07, 6.45) is 0.831. The zero-order chi connectivity index (χ0) is 21.0. The Bertz CT molecular complexity index is 1130. The summed E-state index contributed by atoms with van der Waals surface area (Å²) in [4.78, 5) is 13.6. The highest BCUT2D eigenvalue weighted by molar-refractivity contribution is 7.89. The van der Waals surface area contributed by atoms with Crippen LogP contribution in [0.1, 0.15) is 20.8 Å². The van der Waals surface area contributed by atoms with E-state index in [-0.39, 0.29) is 23.3 Å². The van der Waals surface area contributed by atoms with E-state index in [1.807, 2.05) is 41.8 Å². The van der Waals surface area contributed by atoms with Gasteiger partial charge in [-0.15, -0.1) is 11.3 Å². The summed E-state index contributed by atoms with van der Waals surface area (Å²) in [6.45, 7) is 1.22. The molecule has 0 fully saturated rings. The summed E-state index contributed by atoms with van der Waals surface area (Å²) in [5.41, 5.74) is 1.44. The monoisotopic (exact) mass is 442 g/mol. The molecule has 0 saturated heterocycles. The molecule has 3 aromatic rings. The lowest BCUT2D eigenvalue weighted by Crippen LogP contribution is -2.34. The summed E-state index contributed by atoms with van der Waals surface area (Å²) < 4.78 is 33.5. The molecule has 0 spiro atoms. The topological polar surface area (TPSA) is 84.5 Å². The number of rotatable bonds is 7. The molecule has 30 heavy (non-hydrogen) atoms. The van der Waals surface area contributed by atoms with E-state index in [1.54, 1.807) is 12.1 Å². The van der Waals surface area contributed by atoms with Crippen LogP contribution < -0.4 is 14.8 Å². The van der Waals surface area contributed by atoms with Crippen molar-refractivity contribution in [2.45, 2.75) is 17.9 Å². The summed E-state index contributed by atoms with van der Waals surface area (Å²) >= 11 is 1.48. The van der Waals surface area contributed by atoms with Crippen molar-refractivity contribution in [3.05, 3.63) is 82.0 Å². The molecule has 1 atom stereocenters. The summed E-state index contributed by atoms with van der Waals surface area (Å²) in [6, 6.07) is 17.7. The third-order valence-electron chi connectivity index (χ3n) is 4.93. The number of fused-ring (bicyclic) bond motifs is 1. The number of carbonyl (C=O) groups is 1. The first kappa shape index (κ1) is 20.6. The lowest BCUT2D eigenvalue weighted by atomic mass is 9.96. The fourth-order valence-electron chi connectivity index (χ4n) is 3.33. The van der Waals surface area contributed by atoms with E-state index in [4.69, 9.17) is 4.74 Å². The number of para-hydroxylation sites is 1. The van der Waals surface area contributed by atoms with Crippen molar-refractivity contribution in [1.82, 2.24) is 10.0 Å². The van der Waals surface area contributed by atoms with Gasteiger partial charge in [0.15, 0.2) is 0 Å². The van der Waals surface area contributed by atoms with Crippen molar-refractivity contribution in [3.63, 3.8) is 0 Å². The van der Waals surface area contributed by atoms with Gasteiger partial charge in [-0.1, -0.05) is 30.3 Å². The molecule has 1 aliphatic rings. The molecule has 1 amide bonds. The first-order valence-corrected chi connectivity index (χ1v) is 12.0. The molecule has 2 aromatic carbocycles. The highest BCUT2D eigenvalue weighted by atomic mass is 32.2. The number of amides is 1. The second-order valence-electron chi connectivity index (χ2n) is 7.13. The molecular formula is C22H22N2O4S2. The van der Waals surface area contributed by atoms with Crippen LogP contribution in [-0.4, -0.2) is 27.5 Å². The van der Waals surface area contributed by atoms with Gasteiger partial charge in [-0.2, -0.15) is 0 Å². The first-order valence-electron chi connectivity index (χ1n) is 9.62. The molecular weight excluding hydrogens is 420 g/mol. The van der Waals surface area contributed by atoms with Gasteiger partial charge in [-0.3, -0.25) is 4.79 Å². The standard InChI is InChI=1S/C22H22N2O4S2/c25-22(23-13-16-11-17-5-1-2-9-21(17)28-15-16)18-6-3-8-20(12-18)30(26,27)24-14-19-7-4-10-29-19/h1-10,12,16,24H,11,13-15H2,(H,23,25). The summed E-state index contributed by atoms with van der Waals surface area (Å²) in [7, 11) is -3.70. The fourth-order valence-corrected chi connectivity index (χ4v) is 5.12. The lowest BCUT2D eigenvalue weighted by Gasteiger charge is -2.25. The van der Waals surface area contributed by atoms with E-state index >= 15 is 0 Å². The van der Waals surface area contributed by atoms with Gasteiger partial charge < -0.3 is 10.1 Å². The normalized spacial score (nSPS) is 15.8. The molecule has 2 N–H and O–H groups in total. The predicted octanol–water partition coefficient (Wildman–Crippen LogP) is 3.21. The molecule has 0 radical (unpaired) electrons. The van der Waals surface area contributed by atoms with Crippen LogP contribution in [0.15, 0.2) is 70.9 Å². The molecule has 4 rings (SSSR count). The third kappa shape index (κ3) is 4.89. The smallest absolute Gasteiger partial charge is 0.251 e. The van der Waals surface area contributed by atoms with Gasteiger partial charge >= 0.3 is 0 Å². The molecule has 1 aromatic heterocycles. The zero-order valence-electron chi connectivity index (χ0n) is 16.2. The van der Waals surface area contributed by atoms with Gasteiger partial charge in [0.25, 0.3) is 5.91 Å². The molecule has 0 aliphatic carbocycles.